The maximum Gasteiger partial charge on any atom is 0.326 e. The van der Waals surface area contributed by atoms with Crippen molar-refractivity contribution in [1.29, 1.82) is 0 Å². The van der Waals surface area contributed by atoms with Crippen LogP contribution in [0.1, 0.15) is 38.7 Å². The number of rotatable bonds is 3. The highest BCUT2D eigenvalue weighted by Gasteiger charge is 2.35. The van der Waals surface area contributed by atoms with Crippen LogP contribution in [0, 0.1) is 0 Å². The lowest BCUT2D eigenvalue weighted by atomic mass is 9.98. The molecule has 1 amide bonds. The van der Waals surface area contributed by atoms with E-state index in [-0.39, 0.29) is 24.3 Å². The van der Waals surface area contributed by atoms with Gasteiger partial charge in [-0.15, -0.1) is 0 Å². The van der Waals surface area contributed by atoms with Crippen LogP contribution in [0.2, 0.25) is 0 Å². The Bertz CT molecular complexity index is 551. The van der Waals surface area contributed by atoms with Gasteiger partial charge in [0.05, 0.1) is 5.92 Å². The minimum Gasteiger partial charge on any atom is -0.459 e. The number of hydrogen-bond acceptors (Lipinski definition) is 3. The summed E-state index contributed by atoms with van der Waals surface area (Å²) in [6.45, 7) is 6.07. The van der Waals surface area contributed by atoms with E-state index in [9.17, 15) is 9.59 Å². The van der Waals surface area contributed by atoms with Gasteiger partial charge in [-0.3, -0.25) is 9.59 Å². The second-order valence-electron chi connectivity index (χ2n) is 6.21. The van der Waals surface area contributed by atoms with E-state index in [1.807, 2.05) is 45.0 Å². The Balaban J connectivity index is 2.02. The predicted molar refractivity (Wildman–Crippen MR) is 83.9 cm³/mol. The molecule has 1 aromatic rings. The van der Waals surface area contributed by atoms with Crippen LogP contribution in [0.4, 0.5) is 0 Å². The molecule has 0 spiro atoms. The molecule has 1 atom stereocenters. The third-order valence-corrected chi connectivity index (χ3v) is 4.04. The molecule has 0 aliphatic carbocycles. The molecule has 1 aliphatic heterocycles. The molecule has 0 N–H and O–H groups in total. The Morgan fingerprint density at radius 3 is 2.67 bits per heavy atom. The Morgan fingerprint density at radius 1 is 1.38 bits per heavy atom. The number of carbonyl (C=O) groups is 2. The minimum absolute atomic E-state index is 0.00670. The van der Waals surface area contributed by atoms with Gasteiger partial charge in [0, 0.05) is 11.0 Å². The summed E-state index contributed by atoms with van der Waals surface area (Å²) in [6.07, 6.45) is 0.726. The third kappa shape index (κ3) is 4.06. The Hall–Kier alpha value is -1.36. The first-order valence-electron chi connectivity index (χ1n) is 7.03. The lowest BCUT2D eigenvalue weighted by molar-refractivity contribution is -0.158. The molecule has 0 saturated carbocycles. The molecule has 0 radical (unpaired) electrons. The average Bonchev–Trinajstić information content (AvgIpc) is 2.69. The molecule has 1 saturated heterocycles. The Kier molecular flexibility index (Phi) is 4.71. The van der Waals surface area contributed by atoms with Gasteiger partial charge < -0.3 is 9.64 Å². The molecular formula is C16H20BrNO3. The smallest absolute Gasteiger partial charge is 0.326 e. The van der Waals surface area contributed by atoms with Crippen molar-refractivity contribution in [2.45, 2.75) is 38.7 Å². The van der Waals surface area contributed by atoms with Gasteiger partial charge in [-0.1, -0.05) is 34.1 Å². The number of likely N-dealkylation sites (tertiary alicyclic amines) is 1. The highest BCUT2D eigenvalue weighted by molar-refractivity contribution is 9.10. The zero-order valence-electron chi connectivity index (χ0n) is 12.6. The van der Waals surface area contributed by atoms with Crippen LogP contribution < -0.4 is 0 Å². The van der Waals surface area contributed by atoms with Crippen molar-refractivity contribution in [2.24, 2.45) is 0 Å². The fourth-order valence-corrected chi connectivity index (χ4v) is 3.03. The number of nitrogens with zero attached hydrogens (tertiary/aromatic N) is 1. The van der Waals surface area contributed by atoms with E-state index in [1.165, 1.54) is 0 Å². The molecule has 1 aromatic carbocycles. The van der Waals surface area contributed by atoms with Crippen molar-refractivity contribution in [3.63, 3.8) is 0 Å². The molecule has 0 bridgehead atoms. The summed E-state index contributed by atoms with van der Waals surface area (Å²) >= 11 is 3.48. The van der Waals surface area contributed by atoms with Gasteiger partial charge in [0.2, 0.25) is 5.91 Å². The summed E-state index contributed by atoms with van der Waals surface area (Å²) in [6, 6.07) is 7.72. The van der Waals surface area contributed by atoms with Crippen LogP contribution in [-0.2, 0) is 14.3 Å². The van der Waals surface area contributed by atoms with Crippen LogP contribution >= 0.6 is 15.9 Å². The molecule has 21 heavy (non-hydrogen) atoms. The summed E-state index contributed by atoms with van der Waals surface area (Å²) in [5.74, 6) is -0.542. The summed E-state index contributed by atoms with van der Waals surface area (Å²) in [7, 11) is 0. The predicted octanol–water partition coefficient (Wildman–Crippen LogP) is 3.11. The second-order valence-corrected chi connectivity index (χ2v) is 7.06. The monoisotopic (exact) mass is 353 g/mol. The fourth-order valence-electron chi connectivity index (χ4n) is 2.47. The molecule has 1 aliphatic rings. The van der Waals surface area contributed by atoms with E-state index in [0.29, 0.717) is 6.54 Å². The zero-order chi connectivity index (χ0) is 15.6. The molecule has 2 rings (SSSR count). The zero-order valence-corrected chi connectivity index (χ0v) is 14.1. The summed E-state index contributed by atoms with van der Waals surface area (Å²) < 4.78 is 6.20. The van der Waals surface area contributed by atoms with Gasteiger partial charge in [0.15, 0.2) is 0 Å². The van der Waals surface area contributed by atoms with Gasteiger partial charge in [-0.25, -0.2) is 0 Å². The van der Waals surface area contributed by atoms with Crippen molar-refractivity contribution in [1.82, 2.24) is 4.90 Å². The number of halogens is 1. The number of esters is 1. The van der Waals surface area contributed by atoms with E-state index in [1.54, 1.807) is 4.90 Å². The van der Waals surface area contributed by atoms with Gasteiger partial charge in [-0.2, -0.15) is 0 Å². The van der Waals surface area contributed by atoms with E-state index < -0.39 is 5.60 Å². The first-order chi connectivity index (χ1) is 9.78. The number of carbonyl (C=O) groups excluding carboxylic acids is 2. The molecule has 1 heterocycles. The number of ether oxygens (including phenoxy) is 1. The SMILES string of the molecule is CC(C)(C)OC(=O)CN1CCC(c2ccccc2Br)C1=O. The van der Waals surface area contributed by atoms with E-state index in [4.69, 9.17) is 4.74 Å². The van der Waals surface area contributed by atoms with Crippen molar-refractivity contribution in [2.75, 3.05) is 13.1 Å². The van der Waals surface area contributed by atoms with Gasteiger partial charge in [-0.05, 0) is 38.8 Å². The standard InChI is InChI=1S/C16H20BrNO3/c1-16(2,3)21-14(19)10-18-9-8-12(15(18)20)11-6-4-5-7-13(11)17/h4-7,12H,8-10H2,1-3H3. The van der Waals surface area contributed by atoms with Gasteiger partial charge in [0.1, 0.15) is 12.1 Å². The number of benzene rings is 1. The van der Waals surface area contributed by atoms with Crippen LogP contribution in [0.25, 0.3) is 0 Å². The van der Waals surface area contributed by atoms with Crippen molar-refractivity contribution in [3.8, 4) is 0 Å². The number of amides is 1. The molecule has 4 nitrogen and oxygen atoms in total. The Morgan fingerprint density at radius 2 is 2.05 bits per heavy atom. The Labute approximate surface area is 133 Å². The summed E-state index contributed by atoms with van der Waals surface area (Å²) in [4.78, 5) is 25.9. The maximum absolute atomic E-state index is 12.5. The minimum atomic E-state index is -0.526. The van der Waals surface area contributed by atoms with Crippen molar-refractivity contribution >= 4 is 27.8 Å². The second kappa shape index (κ2) is 6.18. The lowest BCUT2D eigenvalue weighted by Gasteiger charge is -2.22. The van der Waals surface area contributed by atoms with Crippen LogP contribution in [0.15, 0.2) is 28.7 Å². The van der Waals surface area contributed by atoms with Crippen molar-refractivity contribution < 1.29 is 14.3 Å². The molecule has 114 valence electrons. The molecule has 5 heteroatoms. The van der Waals surface area contributed by atoms with E-state index in [2.05, 4.69) is 15.9 Å². The first-order valence-corrected chi connectivity index (χ1v) is 7.82. The molecule has 0 aromatic heterocycles. The fraction of sp³-hybridized carbons (Fsp3) is 0.500. The van der Waals surface area contributed by atoms with Crippen LogP contribution in [0.5, 0.6) is 0 Å². The topological polar surface area (TPSA) is 46.6 Å². The van der Waals surface area contributed by atoms with Crippen LogP contribution in [-0.4, -0.2) is 35.5 Å². The summed E-state index contributed by atoms with van der Waals surface area (Å²) in [5, 5.41) is 0. The van der Waals surface area contributed by atoms with Gasteiger partial charge in [0.25, 0.3) is 0 Å². The highest BCUT2D eigenvalue weighted by atomic mass is 79.9. The third-order valence-electron chi connectivity index (χ3n) is 3.32. The molecular weight excluding hydrogens is 334 g/mol. The highest BCUT2D eigenvalue weighted by Crippen LogP contribution is 2.33. The lowest BCUT2D eigenvalue weighted by Crippen LogP contribution is -2.36. The largest absolute Gasteiger partial charge is 0.459 e. The van der Waals surface area contributed by atoms with E-state index in [0.717, 1.165) is 16.5 Å². The summed E-state index contributed by atoms with van der Waals surface area (Å²) in [5.41, 5.74) is 0.455. The molecule has 1 fully saturated rings. The first kappa shape index (κ1) is 16.0. The average molecular weight is 354 g/mol. The normalized spacial score (nSPS) is 19.0. The van der Waals surface area contributed by atoms with Crippen LogP contribution in [0.3, 0.4) is 0 Å². The quantitative estimate of drug-likeness (QED) is 0.784. The van der Waals surface area contributed by atoms with Crippen molar-refractivity contribution in [3.05, 3.63) is 34.3 Å². The number of hydrogen-bond donors (Lipinski definition) is 0. The van der Waals surface area contributed by atoms with E-state index >= 15 is 0 Å². The maximum atomic E-state index is 12.5. The molecule has 1 unspecified atom stereocenters. The van der Waals surface area contributed by atoms with Gasteiger partial charge >= 0.3 is 5.97 Å².